The number of carbonyl (C=O) groups excluding carboxylic acids is 4. The number of nitrogens with zero attached hydrogens (tertiary/aromatic N) is 1. The van der Waals surface area contributed by atoms with E-state index in [1.165, 1.54) is 5.57 Å². The molecular formula is C52H70N4O7. The molecule has 0 spiro atoms. The molecule has 0 bridgehead atoms. The van der Waals surface area contributed by atoms with Crippen LogP contribution in [0.5, 0.6) is 0 Å². The van der Waals surface area contributed by atoms with E-state index in [4.69, 9.17) is 4.74 Å². The van der Waals surface area contributed by atoms with Gasteiger partial charge < -0.3 is 20.5 Å². The fourth-order valence-corrected chi connectivity index (χ4v) is 15.7. The van der Waals surface area contributed by atoms with Gasteiger partial charge in [0, 0.05) is 17.4 Å². The molecule has 11 nitrogen and oxygen atoms in total. The molecule has 1 aromatic carbocycles. The number of hydrogen-bond acceptors (Lipinski definition) is 7. The third-order valence-corrected chi connectivity index (χ3v) is 19.7. The fraction of sp³-hybridized carbons (Fsp3) is 0.692. The predicted molar refractivity (Wildman–Crippen MR) is 239 cm³/mol. The first-order chi connectivity index (χ1) is 29.5. The molecule has 0 saturated heterocycles. The van der Waals surface area contributed by atoms with Crippen molar-refractivity contribution >= 4 is 29.5 Å². The van der Waals surface area contributed by atoms with Gasteiger partial charge in [-0.1, -0.05) is 92.6 Å². The Morgan fingerprint density at radius 1 is 0.810 bits per heavy atom. The van der Waals surface area contributed by atoms with Crippen molar-refractivity contribution in [3.63, 3.8) is 0 Å². The second-order valence-corrected chi connectivity index (χ2v) is 23.4. The number of carboxylic acids is 1. The molecule has 6 fully saturated rings. The van der Waals surface area contributed by atoms with Crippen LogP contribution in [0, 0.1) is 62.6 Å². The van der Waals surface area contributed by atoms with E-state index in [9.17, 15) is 29.1 Å². The number of ketones is 1. The molecule has 340 valence electrons. The largest absolute Gasteiger partial charge is 0.481 e. The van der Waals surface area contributed by atoms with Crippen molar-refractivity contribution in [3.8, 4) is 11.3 Å². The number of amides is 2. The zero-order valence-electron chi connectivity index (χ0n) is 39.0. The monoisotopic (exact) mass is 863 g/mol. The molecule has 9 rings (SSSR count). The lowest BCUT2D eigenvalue weighted by Crippen LogP contribution is -2.70. The second-order valence-electron chi connectivity index (χ2n) is 23.4. The highest BCUT2D eigenvalue weighted by Crippen LogP contribution is 2.76. The number of allylic oxidation sites excluding steroid dienone is 1. The zero-order valence-corrected chi connectivity index (χ0v) is 39.0. The molecule has 0 aliphatic heterocycles. The van der Waals surface area contributed by atoms with Crippen molar-refractivity contribution in [1.29, 1.82) is 0 Å². The number of hydrogen-bond donors (Lipinski definition) is 4. The highest BCUT2D eigenvalue weighted by atomic mass is 16.5. The molecule has 0 radical (unpaired) electrons. The molecule has 7 aliphatic rings. The van der Waals surface area contributed by atoms with Gasteiger partial charge in [-0.3, -0.25) is 29.1 Å². The SMILES string of the molecule is CC(C)C1=C2[C@H]3CC[C@@H]4[C@@]5(C)CC[C@H](OC(=O)[C@@H]6C[C@H](C(=O)O)C6(C)C)C(C)(C)[C@@H]5CC[C@@]4(C)[C@]3(C)CC[C@@]2(NC(=O)C2(NC(=O)c3cc(-c4ccccc4)n[nH]3)CCC2)CC1=O. The van der Waals surface area contributed by atoms with Gasteiger partial charge in [-0.25, -0.2) is 0 Å². The van der Waals surface area contributed by atoms with Crippen LogP contribution < -0.4 is 10.6 Å². The van der Waals surface area contributed by atoms with Crippen molar-refractivity contribution < 1.29 is 33.8 Å². The maximum atomic E-state index is 14.8. The van der Waals surface area contributed by atoms with Gasteiger partial charge in [-0.05, 0) is 140 Å². The summed E-state index contributed by atoms with van der Waals surface area (Å²) in [5.74, 6) is -1.51. The molecule has 0 unspecified atom stereocenters. The molecule has 63 heavy (non-hydrogen) atoms. The van der Waals surface area contributed by atoms with E-state index in [0.29, 0.717) is 48.9 Å². The van der Waals surface area contributed by atoms with Gasteiger partial charge in [-0.2, -0.15) is 5.10 Å². The minimum Gasteiger partial charge on any atom is -0.481 e. The number of rotatable bonds is 9. The Kier molecular flexibility index (Phi) is 10.2. The van der Waals surface area contributed by atoms with Crippen LogP contribution in [0.1, 0.15) is 156 Å². The number of aromatic amines is 1. The quantitative estimate of drug-likeness (QED) is 0.181. The van der Waals surface area contributed by atoms with Gasteiger partial charge in [0.15, 0.2) is 5.78 Å². The summed E-state index contributed by atoms with van der Waals surface area (Å²) in [7, 11) is 0. The lowest BCUT2D eigenvalue weighted by molar-refractivity contribution is -0.235. The third kappa shape index (κ3) is 6.30. The van der Waals surface area contributed by atoms with Gasteiger partial charge in [0.25, 0.3) is 5.91 Å². The van der Waals surface area contributed by atoms with Crippen molar-refractivity contribution in [2.75, 3.05) is 0 Å². The summed E-state index contributed by atoms with van der Waals surface area (Å²) >= 11 is 0. The number of carbonyl (C=O) groups is 5. The van der Waals surface area contributed by atoms with E-state index >= 15 is 0 Å². The van der Waals surface area contributed by atoms with Gasteiger partial charge in [0.2, 0.25) is 5.91 Å². The summed E-state index contributed by atoms with van der Waals surface area (Å²) in [6, 6.07) is 11.4. The fourth-order valence-electron chi connectivity index (χ4n) is 15.7. The lowest BCUT2D eigenvalue weighted by atomic mass is 9.33. The van der Waals surface area contributed by atoms with Crippen LogP contribution in [0.2, 0.25) is 0 Å². The first-order valence-corrected chi connectivity index (χ1v) is 24.0. The standard InChI is InChI=1S/C52H70N4O7/c1-29(2)40-36(57)28-52(54-45(62)51(20-13-21-51)53-42(58)35-27-34(55-56-35)30-14-11-10-12-15-30)25-24-49(8)31(41(40)52)16-17-38-48(7)22-19-39(47(5,6)37(48)18-23-50(38,49)9)63-44(61)33-26-32(43(59)60)46(33,3)4/h10-12,14-15,27,29,31-33,37-39H,13,16-26,28H2,1-9H3,(H,53,58)(H,54,62)(H,55,56)(H,59,60)/t31-,32-,33+,37+,38-,39+,48+,49-,50-,52-/m1/s1. The van der Waals surface area contributed by atoms with Gasteiger partial charge >= 0.3 is 11.9 Å². The zero-order chi connectivity index (χ0) is 45.3. The maximum absolute atomic E-state index is 14.8. The number of ether oxygens (including phenoxy) is 1. The highest BCUT2D eigenvalue weighted by Gasteiger charge is 2.71. The molecule has 1 aromatic heterocycles. The Labute approximate surface area is 373 Å². The number of benzene rings is 1. The molecule has 4 N–H and O–H groups in total. The first-order valence-electron chi connectivity index (χ1n) is 24.0. The van der Waals surface area contributed by atoms with Crippen LogP contribution in [0.25, 0.3) is 11.3 Å². The summed E-state index contributed by atoms with van der Waals surface area (Å²) in [4.78, 5) is 68.4. The van der Waals surface area contributed by atoms with E-state index in [0.717, 1.165) is 62.5 Å². The number of esters is 1. The number of H-pyrrole nitrogens is 1. The van der Waals surface area contributed by atoms with Crippen LogP contribution in [-0.4, -0.2) is 62.0 Å². The van der Waals surface area contributed by atoms with E-state index in [2.05, 4.69) is 69.3 Å². The summed E-state index contributed by atoms with van der Waals surface area (Å²) in [5.41, 5.74) is 1.08. The van der Waals surface area contributed by atoms with Crippen LogP contribution in [0.3, 0.4) is 0 Å². The van der Waals surface area contributed by atoms with Crippen molar-refractivity contribution in [2.45, 2.75) is 163 Å². The van der Waals surface area contributed by atoms with E-state index in [1.807, 2.05) is 44.2 Å². The van der Waals surface area contributed by atoms with Crippen molar-refractivity contribution in [1.82, 2.24) is 20.8 Å². The van der Waals surface area contributed by atoms with Gasteiger partial charge in [-0.15, -0.1) is 0 Å². The number of nitrogens with one attached hydrogen (secondary N) is 3. The normalized spacial score (nSPS) is 38.2. The van der Waals surface area contributed by atoms with Gasteiger partial charge in [0.05, 0.1) is 23.1 Å². The summed E-state index contributed by atoms with van der Waals surface area (Å²) in [6.07, 6.45) is 9.61. The molecule has 2 aromatic rings. The Bertz CT molecular complexity index is 2270. The average Bonchev–Trinajstić information content (AvgIpc) is 3.80. The average molecular weight is 863 g/mol. The third-order valence-electron chi connectivity index (χ3n) is 19.7. The highest BCUT2D eigenvalue weighted by molar-refractivity contribution is 6.04. The van der Waals surface area contributed by atoms with E-state index < -0.39 is 34.3 Å². The lowest BCUT2D eigenvalue weighted by Gasteiger charge is -2.72. The molecule has 10 atom stereocenters. The Balaban J connectivity index is 0.953. The van der Waals surface area contributed by atoms with Gasteiger partial charge in [0.1, 0.15) is 17.3 Å². The van der Waals surface area contributed by atoms with Crippen LogP contribution >= 0.6 is 0 Å². The summed E-state index contributed by atoms with van der Waals surface area (Å²) in [6.45, 7) is 20.1. The number of carboxylic acid groups (broad SMARTS) is 1. The predicted octanol–water partition coefficient (Wildman–Crippen LogP) is 9.24. The Morgan fingerprint density at radius 3 is 2.16 bits per heavy atom. The van der Waals surface area contributed by atoms with Crippen LogP contribution in [-0.2, 0) is 23.9 Å². The number of aliphatic carboxylic acids is 1. The molecule has 2 amide bonds. The molecule has 6 saturated carbocycles. The van der Waals surface area contributed by atoms with Crippen molar-refractivity contribution in [2.24, 2.45) is 62.6 Å². The first kappa shape index (κ1) is 43.9. The van der Waals surface area contributed by atoms with Crippen LogP contribution in [0.15, 0.2) is 47.5 Å². The maximum Gasteiger partial charge on any atom is 0.309 e. The summed E-state index contributed by atoms with van der Waals surface area (Å²) in [5, 5.41) is 23.7. The van der Waals surface area contributed by atoms with E-state index in [1.54, 1.807) is 6.07 Å². The Hall–Kier alpha value is -4.28. The summed E-state index contributed by atoms with van der Waals surface area (Å²) < 4.78 is 6.43. The topological polar surface area (TPSA) is 168 Å². The number of aromatic nitrogens is 2. The molecule has 7 aliphatic carbocycles. The number of Topliss-reactive ketones (excluding diaryl/α,β-unsaturated/α-hetero) is 1. The minimum atomic E-state index is -1.06. The van der Waals surface area contributed by atoms with Crippen LogP contribution in [0.4, 0.5) is 0 Å². The molecule has 11 heteroatoms. The van der Waals surface area contributed by atoms with Crippen molar-refractivity contribution in [3.05, 3.63) is 53.2 Å². The second kappa shape index (κ2) is 14.6. The van der Waals surface area contributed by atoms with E-state index in [-0.39, 0.29) is 69.6 Å². The minimum absolute atomic E-state index is 0.0169. The molecular weight excluding hydrogens is 793 g/mol. The molecule has 1 heterocycles. The number of fused-ring (bicyclic) bond motifs is 7. The Morgan fingerprint density at radius 2 is 1.52 bits per heavy atom. The smallest absolute Gasteiger partial charge is 0.309 e.